The molecule has 0 saturated carbocycles. The van der Waals surface area contributed by atoms with Crippen LogP contribution in [0, 0.1) is 10.7 Å². The average molecular weight is 211 g/mol. The van der Waals surface area contributed by atoms with E-state index >= 15 is 0 Å². The van der Waals surface area contributed by atoms with Crippen LogP contribution in [0.4, 0.5) is 0 Å². The van der Waals surface area contributed by atoms with E-state index in [0.29, 0.717) is 11.5 Å². The summed E-state index contributed by atoms with van der Waals surface area (Å²) in [7, 11) is -3.85. The van der Waals surface area contributed by atoms with Crippen molar-refractivity contribution in [1.82, 2.24) is 0 Å². The largest absolute Gasteiger partial charge is 0.454 e. The number of hydrogen-bond donors (Lipinski definition) is 0. The quantitative estimate of drug-likeness (QED) is 0.504. The summed E-state index contributed by atoms with van der Waals surface area (Å²) in [5.74, 6) is 0.836. The van der Waals surface area contributed by atoms with E-state index in [9.17, 15) is 8.42 Å². The zero-order valence-electron chi connectivity index (χ0n) is 6.93. The molecule has 0 spiro atoms. The van der Waals surface area contributed by atoms with Crippen LogP contribution in [0.5, 0.6) is 11.5 Å². The summed E-state index contributed by atoms with van der Waals surface area (Å²) < 4.78 is 32.3. The Labute approximate surface area is 80.4 Å². The fourth-order valence-corrected chi connectivity index (χ4v) is 1.71. The highest BCUT2D eigenvalue weighted by molar-refractivity contribution is 7.95. The first-order valence-corrected chi connectivity index (χ1v) is 5.17. The smallest absolute Gasteiger partial charge is 0.270 e. The minimum atomic E-state index is -3.85. The van der Waals surface area contributed by atoms with E-state index in [-0.39, 0.29) is 11.7 Å². The third-order valence-corrected chi connectivity index (χ3v) is 2.89. The number of fused-ring (bicyclic) bond motifs is 1. The van der Waals surface area contributed by atoms with Crippen LogP contribution in [0.2, 0.25) is 0 Å². The van der Waals surface area contributed by atoms with Crippen LogP contribution in [-0.4, -0.2) is 15.2 Å². The molecule has 0 radical (unpaired) electrons. The zero-order chi connectivity index (χ0) is 10.2. The van der Waals surface area contributed by atoms with Gasteiger partial charge in [-0.25, -0.2) is 8.42 Å². The van der Waals surface area contributed by atoms with Gasteiger partial charge in [0.05, 0.1) is 4.90 Å². The Bertz CT molecular complexity index is 515. The summed E-state index contributed by atoms with van der Waals surface area (Å²) >= 11 is 0. The third kappa shape index (κ3) is 1.28. The number of nitriles is 1. The highest BCUT2D eigenvalue weighted by Crippen LogP contribution is 2.33. The van der Waals surface area contributed by atoms with Crippen molar-refractivity contribution in [2.24, 2.45) is 0 Å². The minimum absolute atomic E-state index is 0.0748. The molecule has 1 aliphatic rings. The number of hydrogen-bond acceptors (Lipinski definition) is 5. The molecule has 1 heterocycles. The summed E-state index contributed by atoms with van der Waals surface area (Å²) in [5, 5.41) is 9.61. The molecular formula is C8H5NO4S. The molecule has 1 aromatic carbocycles. The van der Waals surface area contributed by atoms with Crippen LogP contribution < -0.4 is 9.47 Å². The maximum absolute atomic E-state index is 11.1. The number of ether oxygens (including phenoxy) is 2. The van der Waals surface area contributed by atoms with Crippen molar-refractivity contribution in [2.75, 3.05) is 6.79 Å². The fourth-order valence-electron chi connectivity index (χ4n) is 1.10. The lowest BCUT2D eigenvalue weighted by molar-refractivity contribution is 0.174. The molecule has 72 valence electrons. The lowest BCUT2D eigenvalue weighted by Gasteiger charge is -1.97. The summed E-state index contributed by atoms with van der Waals surface area (Å²) in [4.78, 5) is -0.0794. The van der Waals surface area contributed by atoms with Gasteiger partial charge >= 0.3 is 0 Å². The molecule has 0 N–H and O–H groups in total. The van der Waals surface area contributed by atoms with Gasteiger partial charge < -0.3 is 9.47 Å². The summed E-state index contributed by atoms with van der Waals surface area (Å²) in [6.45, 7) is 0.0748. The molecule has 0 unspecified atom stereocenters. The van der Waals surface area contributed by atoms with Crippen LogP contribution in [0.3, 0.4) is 0 Å². The van der Waals surface area contributed by atoms with Crippen LogP contribution in [0.1, 0.15) is 0 Å². The highest BCUT2D eigenvalue weighted by atomic mass is 32.2. The van der Waals surface area contributed by atoms with Crippen molar-refractivity contribution in [2.45, 2.75) is 4.90 Å². The molecule has 0 amide bonds. The molecule has 1 aliphatic heterocycles. The van der Waals surface area contributed by atoms with Gasteiger partial charge in [0.15, 0.2) is 16.9 Å². The van der Waals surface area contributed by atoms with E-state index in [2.05, 4.69) is 0 Å². The molecule has 1 aromatic rings. The van der Waals surface area contributed by atoms with Gasteiger partial charge in [-0.2, -0.15) is 5.26 Å². The van der Waals surface area contributed by atoms with Gasteiger partial charge in [0.1, 0.15) is 0 Å². The van der Waals surface area contributed by atoms with E-state index in [1.165, 1.54) is 23.6 Å². The normalized spacial score (nSPS) is 13.6. The summed E-state index contributed by atoms with van der Waals surface area (Å²) in [6.07, 6.45) is 0. The van der Waals surface area contributed by atoms with E-state index < -0.39 is 9.84 Å². The molecule has 0 saturated heterocycles. The Morgan fingerprint density at radius 3 is 2.71 bits per heavy atom. The average Bonchev–Trinajstić information content (AvgIpc) is 2.64. The second-order valence-electron chi connectivity index (χ2n) is 2.61. The van der Waals surface area contributed by atoms with Crippen LogP contribution in [-0.2, 0) is 9.84 Å². The Balaban J connectivity index is 2.55. The minimum Gasteiger partial charge on any atom is -0.454 e. The fraction of sp³-hybridized carbons (Fsp3) is 0.125. The second kappa shape index (κ2) is 2.89. The lowest BCUT2D eigenvalue weighted by Crippen LogP contribution is -1.96. The molecule has 0 fully saturated rings. The number of benzene rings is 1. The highest BCUT2D eigenvalue weighted by Gasteiger charge is 2.19. The first kappa shape index (κ1) is 8.84. The molecule has 0 bridgehead atoms. The van der Waals surface area contributed by atoms with E-state index in [0.717, 1.165) is 0 Å². The number of sulfone groups is 1. The molecule has 6 heteroatoms. The van der Waals surface area contributed by atoms with Gasteiger partial charge in [0.2, 0.25) is 6.79 Å². The Hall–Kier alpha value is -1.74. The first-order valence-electron chi connectivity index (χ1n) is 3.69. The Morgan fingerprint density at radius 2 is 2.00 bits per heavy atom. The Kier molecular flexibility index (Phi) is 1.82. The van der Waals surface area contributed by atoms with Gasteiger partial charge in [-0.1, -0.05) is 0 Å². The monoisotopic (exact) mass is 211 g/mol. The van der Waals surface area contributed by atoms with Crippen molar-refractivity contribution in [3.05, 3.63) is 18.2 Å². The summed E-state index contributed by atoms with van der Waals surface area (Å²) in [5.41, 5.74) is 0. The predicted octanol–water partition coefficient (Wildman–Crippen LogP) is 0.670. The second-order valence-corrected chi connectivity index (χ2v) is 4.27. The summed E-state index contributed by atoms with van der Waals surface area (Å²) in [6, 6.07) is 4.06. The number of nitrogens with zero attached hydrogens (tertiary/aromatic N) is 1. The van der Waals surface area contributed by atoms with Crippen molar-refractivity contribution >= 4 is 9.84 Å². The number of thiocyanates is 1. The van der Waals surface area contributed by atoms with Crippen molar-refractivity contribution in [3.63, 3.8) is 0 Å². The SMILES string of the molecule is N#CS(=O)(=O)c1ccc2c(c1)OCO2. The van der Waals surface area contributed by atoms with Gasteiger partial charge in [-0.3, -0.25) is 0 Å². The molecule has 14 heavy (non-hydrogen) atoms. The van der Waals surface area contributed by atoms with Crippen molar-refractivity contribution in [1.29, 1.82) is 5.26 Å². The standard InChI is InChI=1S/C8H5NO4S/c9-4-14(10,11)6-1-2-7-8(3-6)13-5-12-7/h1-3H,5H2. The van der Waals surface area contributed by atoms with Crippen molar-refractivity contribution < 1.29 is 17.9 Å². The predicted molar refractivity (Wildman–Crippen MR) is 45.4 cm³/mol. The topological polar surface area (TPSA) is 76.4 Å². The molecule has 5 nitrogen and oxygen atoms in total. The van der Waals surface area contributed by atoms with Gasteiger partial charge in [-0.05, 0) is 12.1 Å². The first-order chi connectivity index (χ1) is 6.63. The van der Waals surface area contributed by atoms with E-state index in [1.807, 2.05) is 0 Å². The zero-order valence-corrected chi connectivity index (χ0v) is 7.74. The van der Waals surface area contributed by atoms with Gasteiger partial charge in [0, 0.05) is 6.07 Å². The molecule has 0 aliphatic carbocycles. The van der Waals surface area contributed by atoms with E-state index in [4.69, 9.17) is 14.7 Å². The molecule has 0 atom stereocenters. The van der Waals surface area contributed by atoms with E-state index in [1.54, 1.807) is 0 Å². The maximum atomic E-state index is 11.1. The van der Waals surface area contributed by atoms with Crippen LogP contribution >= 0.6 is 0 Å². The van der Waals surface area contributed by atoms with Gasteiger partial charge in [-0.15, -0.1) is 0 Å². The molecular weight excluding hydrogens is 206 g/mol. The molecule has 0 aromatic heterocycles. The lowest BCUT2D eigenvalue weighted by atomic mass is 10.3. The van der Waals surface area contributed by atoms with Crippen LogP contribution in [0.15, 0.2) is 23.1 Å². The van der Waals surface area contributed by atoms with Crippen LogP contribution in [0.25, 0.3) is 0 Å². The molecule has 2 rings (SSSR count). The third-order valence-electron chi connectivity index (χ3n) is 1.77. The van der Waals surface area contributed by atoms with Crippen molar-refractivity contribution in [3.8, 4) is 16.9 Å². The maximum Gasteiger partial charge on any atom is 0.270 e. The Morgan fingerprint density at radius 1 is 1.29 bits per heavy atom. The van der Waals surface area contributed by atoms with Gasteiger partial charge in [0.25, 0.3) is 9.84 Å². The number of rotatable bonds is 1.